The standard InChI is InChI=1S/C28H25FN4O4/c1-18-22(27(34)32(12-7-13-36-2)28(35)23(18)16-30)14-20-17-33(21-8-5-4-6-9-21)31-26(20)19-10-11-25(37-3)24(29)15-19/h4-6,8-11,14-15,17H,7,12-13H2,1-3H3/b22-14+. The van der Waals surface area contributed by atoms with Crippen LogP contribution in [0.4, 0.5) is 4.39 Å². The predicted octanol–water partition coefficient (Wildman–Crippen LogP) is 4.32. The summed E-state index contributed by atoms with van der Waals surface area (Å²) in [6, 6.07) is 15.8. The van der Waals surface area contributed by atoms with E-state index in [0.717, 1.165) is 10.6 Å². The maximum atomic E-state index is 14.6. The van der Waals surface area contributed by atoms with Gasteiger partial charge in [-0.15, -0.1) is 0 Å². The van der Waals surface area contributed by atoms with Gasteiger partial charge < -0.3 is 9.47 Å². The van der Waals surface area contributed by atoms with Gasteiger partial charge in [-0.3, -0.25) is 14.5 Å². The number of ether oxygens (including phenoxy) is 2. The molecule has 1 aliphatic heterocycles. The number of nitriles is 1. The van der Waals surface area contributed by atoms with Gasteiger partial charge in [0.05, 0.1) is 12.8 Å². The van der Waals surface area contributed by atoms with Crippen LogP contribution in [0, 0.1) is 17.1 Å². The van der Waals surface area contributed by atoms with Crippen LogP contribution >= 0.6 is 0 Å². The molecule has 37 heavy (non-hydrogen) atoms. The third-order valence-corrected chi connectivity index (χ3v) is 6.04. The number of nitrogens with zero attached hydrogens (tertiary/aromatic N) is 4. The molecule has 9 heteroatoms. The second-order valence-corrected chi connectivity index (χ2v) is 8.34. The third-order valence-electron chi connectivity index (χ3n) is 6.04. The van der Waals surface area contributed by atoms with Gasteiger partial charge >= 0.3 is 0 Å². The molecule has 0 N–H and O–H groups in total. The summed E-state index contributed by atoms with van der Waals surface area (Å²) >= 11 is 0. The summed E-state index contributed by atoms with van der Waals surface area (Å²) < 4.78 is 26.3. The second-order valence-electron chi connectivity index (χ2n) is 8.34. The molecule has 4 rings (SSSR count). The van der Waals surface area contributed by atoms with Crippen molar-refractivity contribution < 1.29 is 23.5 Å². The average molecular weight is 501 g/mol. The molecule has 1 aromatic heterocycles. The number of carbonyl (C=O) groups excluding carboxylic acids is 2. The van der Waals surface area contributed by atoms with Crippen molar-refractivity contribution in [1.29, 1.82) is 5.26 Å². The highest BCUT2D eigenvalue weighted by molar-refractivity contribution is 6.19. The van der Waals surface area contributed by atoms with E-state index in [0.29, 0.717) is 29.8 Å². The molecule has 0 spiro atoms. The maximum absolute atomic E-state index is 14.6. The number of imide groups is 1. The van der Waals surface area contributed by atoms with Crippen LogP contribution in [0.3, 0.4) is 0 Å². The maximum Gasteiger partial charge on any atom is 0.271 e. The second kappa shape index (κ2) is 11.0. The molecule has 2 amide bonds. The first kappa shape index (κ1) is 25.5. The van der Waals surface area contributed by atoms with Gasteiger partial charge in [-0.25, -0.2) is 9.07 Å². The van der Waals surface area contributed by atoms with Gasteiger partial charge in [0.15, 0.2) is 11.6 Å². The Bertz CT molecular complexity index is 1450. The fourth-order valence-corrected chi connectivity index (χ4v) is 4.10. The normalized spacial score (nSPS) is 14.9. The zero-order valence-electron chi connectivity index (χ0n) is 20.7. The molecule has 2 heterocycles. The van der Waals surface area contributed by atoms with Crippen LogP contribution in [0.25, 0.3) is 23.0 Å². The summed E-state index contributed by atoms with van der Waals surface area (Å²) in [7, 11) is 2.91. The molecule has 188 valence electrons. The van der Waals surface area contributed by atoms with Gasteiger partial charge in [-0.1, -0.05) is 18.2 Å². The molecule has 0 radical (unpaired) electrons. The first-order valence-electron chi connectivity index (χ1n) is 11.6. The smallest absolute Gasteiger partial charge is 0.271 e. The monoisotopic (exact) mass is 500 g/mol. The molecule has 1 aliphatic rings. The number of aromatic nitrogens is 2. The topological polar surface area (TPSA) is 97.5 Å². The van der Waals surface area contributed by atoms with Crippen molar-refractivity contribution in [3.8, 4) is 28.8 Å². The van der Waals surface area contributed by atoms with E-state index in [9.17, 15) is 19.2 Å². The quantitative estimate of drug-likeness (QED) is 0.260. The number of rotatable bonds is 8. The number of amides is 2. The SMILES string of the molecule is COCCCN1C(=O)C(C#N)=C(C)/C(=C\c2cn(-c3ccccc3)nc2-c2ccc(OC)c(F)c2)C1=O. The van der Waals surface area contributed by atoms with Crippen LogP contribution in [-0.4, -0.2) is 53.9 Å². The lowest BCUT2D eigenvalue weighted by Gasteiger charge is -2.27. The molecular formula is C28H25FN4O4. The van der Waals surface area contributed by atoms with E-state index in [2.05, 4.69) is 5.10 Å². The molecule has 0 fully saturated rings. The van der Waals surface area contributed by atoms with Gasteiger partial charge in [0.2, 0.25) is 0 Å². The highest BCUT2D eigenvalue weighted by Gasteiger charge is 2.35. The molecule has 0 saturated heterocycles. The Labute approximate surface area is 213 Å². The summed E-state index contributed by atoms with van der Waals surface area (Å²) in [5, 5.41) is 14.3. The first-order chi connectivity index (χ1) is 17.9. The Morgan fingerprint density at radius 3 is 2.51 bits per heavy atom. The summed E-state index contributed by atoms with van der Waals surface area (Å²) in [6.07, 6.45) is 3.74. The van der Waals surface area contributed by atoms with Crippen molar-refractivity contribution in [2.24, 2.45) is 0 Å². The van der Waals surface area contributed by atoms with Crippen molar-refractivity contribution in [2.45, 2.75) is 13.3 Å². The average Bonchev–Trinajstić information content (AvgIpc) is 3.33. The minimum Gasteiger partial charge on any atom is -0.494 e. The van der Waals surface area contributed by atoms with E-state index in [1.54, 1.807) is 29.9 Å². The van der Waals surface area contributed by atoms with Crippen molar-refractivity contribution >= 4 is 17.9 Å². The summed E-state index contributed by atoms with van der Waals surface area (Å²) in [4.78, 5) is 27.3. The number of hydrogen-bond donors (Lipinski definition) is 0. The van der Waals surface area contributed by atoms with E-state index in [1.165, 1.54) is 26.4 Å². The molecule has 3 aromatic rings. The number of benzene rings is 2. The molecular weight excluding hydrogens is 475 g/mol. The van der Waals surface area contributed by atoms with Crippen LogP contribution in [0.1, 0.15) is 18.9 Å². The van der Waals surface area contributed by atoms with E-state index < -0.39 is 17.6 Å². The molecule has 2 aromatic carbocycles. The fourth-order valence-electron chi connectivity index (χ4n) is 4.10. The lowest BCUT2D eigenvalue weighted by molar-refractivity contribution is -0.140. The number of hydrogen-bond acceptors (Lipinski definition) is 6. The summed E-state index contributed by atoms with van der Waals surface area (Å²) in [6.45, 7) is 2.04. The molecule has 0 unspecified atom stereocenters. The Kier molecular flexibility index (Phi) is 7.60. The Morgan fingerprint density at radius 1 is 1.11 bits per heavy atom. The van der Waals surface area contributed by atoms with Crippen molar-refractivity contribution in [3.63, 3.8) is 0 Å². The highest BCUT2D eigenvalue weighted by atomic mass is 19.1. The molecule has 0 atom stereocenters. The number of para-hydroxylation sites is 1. The Balaban J connectivity index is 1.88. The lowest BCUT2D eigenvalue weighted by atomic mass is 9.93. The van der Waals surface area contributed by atoms with E-state index >= 15 is 0 Å². The van der Waals surface area contributed by atoms with Gasteiger partial charge in [0.25, 0.3) is 11.8 Å². The van der Waals surface area contributed by atoms with E-state index in [1.807, 2.05) is 36.4 Å². The van der Waals surface area contributed by atoms with Crippen LogP contribution in [-0.2, 0) is 14.3 Å². The van der Waals surface area contributed by atoms with Gasteiger partial charge in [-0.05, 0) is 55.3 Å². The third kappa shape index (κ3) is 5.06. The predicted molar refractivity (Wildman–Crippen MR) is 135 cm³/mol. The van der Waals surface area contributed by atoms with E-state index in [4.69, 9.17) is 9.47 Å². The Hall–Kier alpha value is -4.55. The number of methoxy groups -OCH3 is 2. The zero-order valence-corrected chi connectivity index (χ0v) is 20.7. The van der Waals surface area contributed by atoms with Gasteiger partial charge in [0.1, 0.15) is 17.3 Å². The highest BCUT2D eigenvalue weighted by Crippen LogP contribution is 2.32. The largest absolute Gasteiger partial charge is 0.494 e. The molecule has 0 bridgehead atoms. The van der Waals surface area contributed by atoms with Crippen molar-refractivity contribution in [2.75, 3.05) is 27.4 Å². The minimum absolute atomic E-state index is 0.0938. The van der Waals surface area contributed by atoms with Crippen LogP contribution < -0.4 is 4.74 Å². The van der Waals surface area contributed by atoms with E-state index in [-0.39, 0.29) is 29.0 Å². The molecule has 0 saturated carbocycles. The number of carbonyl (C=O) groups is 2. The molecule has 8 nitrogen and oxygen atoms in total. The van der Waals surface area contributed by atoms with Crippen molar-refractivity contribution in [3.05, 3.63) is 82.8 Å². The van der Waals surface area contributed by atoms with Crippen LogP contribution in [0.15, 0.2) is 71.4 Å². The van der Waals surface area contributed by atoms with Gasteiger partial charge in [-0.2, -0.15) is 10.4 Å². The zero-order chi connectivity index (χ0) is 26.5. The Morgan fingerprint density at radius 2 is 1.86 bits per heavy atom. The lowest BCUT2D eigenvalue weighted by Crippen LogP contribution is -2.43. The van der Waals surface area contributed by atoms with Crippen LogP contribution in [0.5, 0.6) is 5.75 Å². The summed E-state index contributed by atoms with van der Waals surface area (Å²) in [5.41, 5.74) is 2.53. The fraction of sp³-hybridized carbons (Fsp3) is 0.214. The van der Waals surface area contributed by atoms with Crippen molar-refractivity contribution in [1.82, 2.24) is 14.7 Å². The van der Waals surface area contributed by atoms with Crippen LogP contribution in [0.2, 0.25) is 0 Å². The number of halogens is 1. The first-order valence-corrected chi connectivity index (χ1v) is 11.6. The molecule has 0 aliphatic carbocycles. The summed E-state index contributed by atoms with van der Waals surface area (Å²) in [5.74, 6) is -1.61. The van der Waals surface area contributed by atoms with Gasteiger partial charge in [0, 0.05) is 43.2 Å². The minimum atomic E-state index is -0.629.